The lowest BCUT2D eigenvalue weighted by Gasteiger charge is -2.30. The topological polar surface area (TPSA) is 40.5 Å². The van der Waals surface area contributed by atoms with Crippen LogP contribution in [0.2, 0.25) is 0 Å². The summed E-state index contributed by atoms with van der Waals surface area (Å²) in [6, 6.07) is 5.40. The number of rotatable bonds is 3. The number of carbonyl (C=O) groups is 1. The van der Waals surface area contributed by atoms with Gasteiger partial charge in [-0.25, -0.2) is 4.79 Å². The zero-order valence-electron chi connectivity index (χ0n) is 9.27. The molecule has 4 heteroatoms. The molecule has 0 bridgehead atoms. The van der Waals surface area contributed by atoms with Crippen LogP contribution in [0.4, 0.5) is 5.69 Å². The third kappa shape index (κ3) is 2.16. The molecule has 3 nitrogen and oxygen atoms in total. The van der Waals surface area contributed by atoms with Crippen LogP contribution in [0.5, 0.6) is 0 Å². The number of carboxylic acid groups (broad SMARTS) is 1. The molecule has 0 spiro atoms. The number of anilines is 1. The molecule has 86 valence electrons. The molecule has 0 atom stereocenters. The van der Waals surface area contributed by atoms with E-state index in [1.165, 1.54) is 4.90 Å². The summed E-state index contributed by atoms with van der Waals surface area (Å²) in [7, 11) is 0. The second kappa shape index (κ2) is 4.78. The van der Waals surface area contributed by atoms with Crippen molar-refractivity contribution in [2.45, 2.75) is 18.2 Å². The van der Waals surface area contributed by atoms with Crippen molar-refractivity contribution in [3.63, 3.8) is 0 Å². The van der Waals surface area contributed by atoms with Crippen LogP contribution in [-0.4, -0.2) is 29.9 Å². The number of carboxylic acids is 1. The summed E-state index contributed by atoms with van der Waals surface area (Å²) in [5.74, 6) is 0.231. The lowest BCUT2D eigenvalue weighted by Crippen LogP contribution is -2.30. The standard InChI is InChI=1S/C12H15NO2S/c1-2-5-13-6-7-16-11-4-3-9(12(14)15)8-10(11)13/h3-4,8H,2,5-7H2,1H3,(H,14,15). The van der Waals surface area contributed by atoms with Gasteiger partial charge >= 0.3 is 5.97 Å². The van der Waals surface area contributed by atoms with Gasteiger partial charge in [0.2, 0.25) is 0 Å². The zero-order chi connectivity index (χ0) is 11.5. The van der Waals surface area contributed by atoms with Crippen LogP contribution in [0, 0.1) is 0 Å². The average molecular weight is 237 g/mol. The molecule has 1 aromatic rings. The summed E-state index contributed by atoms with van der Waals surface area (Å²) >= 11 is 1.80. The van der Waals surface area contributed by atoms with Crippen LogP contribution in [0.1, 0.15) is 23.7 Å². The minimum atomic E-state index is -0.852. The molecule has 0 aliphatic carbocycles. The maximum Gasteiger partial charge on any atom is 0.335 e. The fraction of sp³-hybridized carbons (Fsp3) is 0.417. The second-order valence-corrected chi connectivity index (χ2v) is 4.96. The summed E-state index contributed by atoms with van der Waals surface area (Å²) in [4.78, 5) is 14.4. The molecule has 0 aromatic heterocycles. The van der Waals surface area contributed by atoms with E-state index < -0.39 is 5.97 Å². The molecule has 2 rings (SSSR count). The van der Waals surface area contributed by atoms with E-state index in [-0.39, 0.29) is 0 Å². The molecule has 16 heavy (non-hydrogen) atoms. The molecular formula is C12H15NO2S. The van der Waals surface area contributed by atoms with E-state index in [0.717, 1.165) is 31.0 Å². The van der Waals surface area contributed by atoms with Gasteiger partial charge in [-0.05, 0) is 24.6 Å². The van der Waals surface area contributed by atoms with Gasteiger partial charge in [0.1, 0.15) is 0 Å². The first-order chi connectivity index (χ1) is 7.72. The van der Waals surface area contributed by atoms with Crippen molar-refractivity contribution < 1.29 is 9.90 Å². The number of nitrogens with zero attached hydrogens (tertiary/aromatic N) is 1. The van der Waals surface area contributed by atoms with E-state index in [0.29, 0.717) is 5.56 Å². The summed E-state index contributed by atoms with van der Waals surface area (Å²) in [6.07, 6.45) is 1.08. The Morgan fingerprint density at radius 1 is 1.56 bits per heavy atom. The molecule has 1 heterocycles. The second-order valence-electron chi connectivity index (χ2n) is 3.82. The Morgan fingerprint density at radius 2 is 2.38 bits per heavy atom. The van der Waals surface area contributed by atoms with E-state index in [9.17, 15) is 4.79 Å². The lowest BCUT2D eigenvalue weighted by molar-refractivity contribution is 0.0697. The highest BCUT2D eigenvalue weighted by molar-refractivity contribution is 7.99. The van der Waals surface area contributed by atoms with E-state index in [4.69, 9.17) is 5.11 Å². The first kappa shape index (κ1) is 11.3. The molecule has 1 aliphatic rings. The molecular weight excluding hydrogens is 222 g/mol. The SMILES string of the molecule is CCCN1CCSc2ccc(C(=O)O)cc21. The highest BCUT2D eigenvalue weighted by atomic mass is 32.2. The summed E-state index contributed by atoms with van der Waals surface area (Å²) in [5.41, 5.74) is 1.46. The summed E-state index contributed by atoms with van der Waals surface area (Å²) in [5, 5.41) is 8.98. The van der Waals surface area contributed by atoms with Crippen molar-refractivity contribution in [3.05, 3.63) is 23.8 Å². The predicted molar refractivity (Wildman–Crippen MR) is 66.6 cm³/mol. The van der Waals surface area contributed by atoms with Crippen molar-refractivity contribution >= 4 is 23.4 Å². The number of aromatic carboxylic acids is 1. The van der Waals surface area contributed by atoms with Crippen molar-refractivity contribution in [3.8, 4) is 0 Å². The first-order valence-electron chi connectivity index (χ1n) is 5.47. The molecule has 0 unspecified atom stereocenters. The molecule has 1 aromatic carbocycles. The van der Waals surface area contributed by atoms with Gasteiger partial charge in [-0.1, -0.05) is 6.92 Å². The van der Waals surface area contributed by atoms with Crippen LogP contribution in [0.25, 0.3) is 0 Å². The van der Waals surface area contributed by atoms with Gasteiger partial charge in [-0.15, -0.1) is 11.8 Å². The Balaban J connectivity index is 2.36. The molecule has 0 saturated carbocycles. The third-order valence-corrected chi connectivity index (χ3v) is 3.70. The van der Waals surface area contributed by atoms with Crippen LogP contribution in [-0.2, 0) is 0 Å². The fourth-order valence-electron chi connectivity index (χ4n) is 1.91. The van der Waals surface area contributed by atoms with Gasteiger partial charge in [-0.3, -0.25) is 0 Å². The maximum atomic E-state index is 10.9. The normalized spacial score (nSPS) is 14.7. The minimum absolute atomic E-state index is 0.377. The van der Waals surface area contributed by atoms with E-state index in [1.54, 1.807) is 23.9 Å². The van der Waals surface area contributed by atoms with Crippen molar-refractivity contribution in [1.82, 2.24) is 0 Å². The number of fused-ring (bicyclic) bond motifs is 1. The summed E-state index contributed by atoms with van der Waals surface area (Å²) < 4.78 is 0. The van der Waals surface area contributed by atoms with E-state index >= 15 is 0 Å². The van der Waals surface area contributed by atoms with Crippen LogP contribution in [0.15, 0.2) is 23.1 Å². The Bertz CT molecular complexity index is 406. The molecule has 0 fully saturated rings. The largest absolute Gasteiger partial charge is 0.478 e. The summed E-state index contributed by atoms with van der Waals surface area (Å²) in [6.45, 7) is 4.15. The zero-order valence-corrected chi connectivity index (χ0v) is 10.1. The smallest absolute Gasteiger partial charge is 0.335 e. The molecule has 0 saturated heterocycles. The highest BCUT2D eigenvalue weighted by Crippen LogP contribution is 2.35. The predicted octanol–water partition coefficient (Wildman–Crippen LogP) is 2.71. The number of hydrogen-bond acceptors (Lipinski definition) is 3. The molecule has 1 N–H and O–H groups in total. The van der Waals surface area contributed by atoms with Crippen molar-refractivity contribution in [2.75, 3.05) is 23.7 Å². The number of thioether (sulfide) groups is 1. The average Bonchev–Trinajstić information content (AvgIpc) is 2.29. The molecule has 0 radical (unpaired) electrons. The van der Waals surface area contributed by atoms with E-state index in [2.05, 4.69) is 11.8 Å². The molecule has 0 amide bonds. The van der Waals surface area contributed by atoms with Crippen molar-refractivity contribution in [2.24, 2.45) is 0 Å². The highest BCUT2D eigenvalue weighted by Gasteiger charge is 2.18. The van der Waals surface area contributed by atoms with Crippen LogP contribution >= 0.6 is 11.8 Å². The molecule has 1 aliphatic heterocycles. The minimum Gasteiger partial charge on any atom is -0.478 e. The van der Waals surface area contributed by atoms with Crippen LogP contribution in [0.3, 0.4) is 0 Å². The number of benzene rings is 1. The quantitative estimate of drug-likeness (QED) is 0.877. The van der Waals surface area contributed by atoms with Crippen molar-refractivity contribution in [1.29, 1.82) is 0 Å². The Morgan fingerprint density at radius 3 is 3.06 bits per heavy atom. The Kier molecular flexibility index (Phi) is 3.39. The first-order valence-corrected chi connectivity index (χ1v) is 6.46. The Labute approximate surface area is 99.5 Å². The fourth-order valence-corrected chi connectivity index (χ4v) is 2.94. The van der Waals surface area contributed by atoms with Gasteiger partial charge in [0.15, 0.2) is 0 Å². The maximum absolute atomic E-state index is 10.9. The monoisotopic (exact) mass is 237 g/mol. The van der Waals surface area contributed by atoms with Gasteiger partial charge in [0, 0.05) is 23.7 Å². The number of hydrogen-bond donors (Lipinski definition) is 1. The van der Waals surface area contributed by atoms with E-state index in [1.807, 2.05) is 6.07 Å². The third-order valence-electron chi connectivity index (χ3n) is 2.66. The van der Waals surface area contributed by atoms with Gasteiger partial charge in [0.25, 0.3) is 0 Å². The lowest BCUT2D eigenvalue weighted by atomic mass is 10.2. The van der Waals surface area contributed by atoms with Gasteiger partial charge in [-0.2, -0.15) is 0 Å². The van der Waals surface area contributed by atoms with Gasteiger partial charge < -0.3 is 10.0 Å². The van der Waals surface area contributed by atoms with Gasteiger partial charge in [0.05, 0.1) is 11.3 Å². The Hall–Kier alpha value is -1.16. The van der Waals surface area contributed by atoms with Crippen LogP contribution < -0.4 is 4.90 Å².